The second-order valence-corrected chi connectivity index (χ2v) is 7.29. The topological polar surface area (TPSA) is 48.5 Å². The molecule has 0 unspecified atom stereocenters. The lowest BCUT2D eigenvalue weighted by Crippen LogP contribution is -2.46. The number of benzene rings is 1. The molecule has 3 rings (SSSR count). The Hall–Kier alpha value is -2.40. The second kappa shape index (κ2) is 10.8. The van der Waals surface area contributed by atoms with Crippen LogP contribution in [0.4, 0.5) is 5.69 Å². The number of hydrogen-bond acceptors (Lipinski definition) is 4. The molecular formula is C23H34N4O. The van der Waals surface area contributed by atoms with Gasteiger partial charge in [0.2, 0.25) is 0 Å². The highest BCUT2D eigenvalue weighted by Crippen LogP contribution is 2.17. The zero-order valence-electron chi connectivity index (χ0n) is 16.4. The summed E-state index contributed by atoms with van der Waals surface area (Å²) in [4.78, 5) is 21.3. The zero-order valence-corrected chi connectivity index (χ0v) is 16.4. The monoisotopic (exact) mass is 382 g/mol. The first-order valence-corrected chi connectivity index (χ1v) is 9.88. The predicted octanol–water partition coefficient (Wildman–Crippen LogP) is 3.67. The van der Waals surface area contributed by atoms with Crippen molar-refractivity contribution in [2.45, 2.75) is 34.1 Å². The third kappa shape index (κ3) is 6.34. The summed E-state index contributed by atoms with van der Waals surface area (Å²) in [6, 6.07) is 14.3. The Morgan fingerprint density at radius 2 is 1.79 bits per heavy atom. The molecule has 152 valence electrons. The van der Waals surface area contributed by atoms with Crippen LogP contribution in [0.1, 0.15) is 42.0 Å². The third-order valence-electron chi connectivity index (χ3n) is 5.05. The van der Waals surface area contributed by atoms with E-state index < -0.39 is 0 Å². The van der Waals surface area contributed by atoms with Gasteiger partial charge < -0.3 is 10.2 Å². The molecule has 1 amide bonds. The van der Waals surface area contributed by atoms with Crippen LogP contribution in [0.15, 0.2) is 42.5 Å². The Balaban J connectivity index is 0.00000280. The normalized spacial score (nSPS) is 14.4. The Kier molecular flexibility index (Phi) is 8.45. The fourth-order valence-electron chi connectivity index (χ4n) is 3.48. The number of carbonyl (C=O) groups is 1. The number of carbonyl (C=O) groups excluding carboxylic acids is 1. The van der Waals surface area contributed by atoms with Gasteiger partial charge in [0.15, 0.2) is 0 Å². The van der Waals surface area contributed by atoms with Gasteiger partial charge in [-0.3, -0.25) is 9.69 Å². The third-order valence-corrected chi connectivity index (χ3v) is 5.05. The molecule has 5 heteroatoms. The van der Waals surface area contributed by atoms with Crippen molar-refractivity contribution in [2.24, 2.45) is 0 Å². The number of anilines is 1. The van der Waals surface area contributed by atoms with Crippen LogP contribution in [0.5, 0.6) is 0 Å². The lowest BCUT2D eigenvalue weighted by atomic mass is 10.2. The molecule has 5 nitrogen and oxygen atoms in total. The number of pyridine rings is 1. The Bertz CT molecular complexity index is 754. The van der Waals surface area contributed by atoms with Crippen LogP contribution in [-0.4, -0.2) is 55.1 Å². The molecule has 0 aliphatic carbocycles. The Morgan fingerprint density at radius 1 is 1.04 bits per heavy atom. The molecule has 1 aromatic heterocycles. The summed E-state index contributed by atoms with van der Waals surface area (Å²) in [6.45, 7) is 10.2. The van der Waals surface area contributed by atoms with Crippen molar-refractivity contribution in [1.82, 2.24) is 15.2 Å². The molecule has 1 fully saturated rings. The smallest absolute Gasteiger partial charge is 0.269 e. The van der Waals surface area contributed by atoms with Gasteiger partial charge in [0.1, 0.15) is 5.69 Å². The molecule has 0 saturated carbocycles. The van der Waals surface area contributed by atoms with E-state index in [1.54, 1.807) is 6.07 Å². The first-order chi connectivity index (χ1) is 13.1. The minimum Gasteiger partial charge on any atom is -0.369 e. The van der Waals surface area contributed by atoms with Crippen LogP contribution in [0.3, 0.4) is 0 Å². The fourth-order valence-corrected chi connectivity index (χ4v) is 3.48. The highest BCUT2D eigenvalue weighted by molar-refractivity contribution is 5.92. The van der Waals surface area contributed by atoms with Crippen molar-refractivity contribution in [1.29, 1.82) is 0 Å². The van der Waals surface area contributed by atoms with Gasteiger partial charge in [0.05, 0.1) is 0 Å². The van der Waals surface area contributed by atoms with Gasteiger partial charge in [-0.2, -0.15) is 0 Å². The number of aryl methyl sites for hydroxylation is 2. The summed E-state index contributed by atoms with van der Waals surface area (Å²) >= 11 is 0. The maximum Gasteiger partial charge on any atom is 0.269 e. The number of aromatic nitrogens is 1. The number of nitrogens with one attached hydrogen (secondary N) is 1. The zero-order chi connectivity index (χ0) is 19.1. The number of nitrogens with zero attached hydrogens (tertiary/aromatic N) is 3. The molecule has 1 saturated heterocycles. The average molecular weight is 383 g/mol. The predicted molar refractivity (Wildman–Crippen MR) is 117 cm³/mol. The molecule has 1 aliphatic rings. The number of unbranched alkanes of at least 4 members (excludes halogenated alkanes) is 1. The lowest BCUT2D eigenvalue weighted by Gasteiger charge is -2.36. The van der Waals surface area contributed by atoms with Gasteiger partial charge in [0, 0.05) is 44.1 Å². The fraction of sp³-hybridized carbons (Fsp3) is 0.478. The number of piperazine rings is 1. The average Bonchev–Trinajstić information content (AvgIpc) is 2.68. The van der Waals surface area contributed by atoms with E-state index in [-0.39, 0.29) is 13.3 Å². The first kappa shape index (κ1) is 21.9. The van der Waals surface area contributed by atoms with Crippen LogP contribution >= 0.6 is 0 Å². The van der Waals surface area contributed by atoms with Crippen LogP contribution < -0.4 is 10.2 Å². The molecule has 1 aliphatic heterocycles. The lowest BCUT2D eigenvalue weighted by molar-refractivity contribution is 0.0947. The molecule has 2 aromatic rings. The molecule has 28 heavy (non-hydrogen) atoms. The van der Waals surface area contributed by atoms with E-state index in [4.69, 9.17) is 0 Å². The van der Waals surface area contributed by atoms with Crippen molar-refractivity contribution in [3.63, 3.8) is 0 Å². The minimum absolute atomic E-state index is 0. The molecular weight excluding hydrogens is 348 g/mol. The van der Waals surface area contributed by atoms with E-state index in [0.29, 0.717) is 12.2 Å². The quantitative estimate of drug-likeness (QED) is 0.743. The van der Waals surface area contributed by atoms with Gasteiger partial charge >= 0.3 is 0 Å². The van der Waals surface area contributed by atoms with Crippen LogP contribution in [0, 0.1) is 13.8 Å². The van der Waals surface area contributed by atoms with E-state index >= 15 is 0 Å². The van der Waals surface area contributed by atoms with Crippen molar-refractivity contribution in [3.8, 4) is 0 Å². The number of hydrogen-bond donors (Lipinski definition) is 1. The molecule has 1 N–H and O–H groups in total. The van der Waals surface area contributed by atoms with E-state index in [1.165, 1.54) is 11.3 Å². The number of amides is 1. The Labute approximate surface area is 169 Å². The molecule has 1 aromatic carbocycles. The summed E-state index contributed by atoms with van der Waals surface area (Å²) in [5, 5.41) is 2.97. The maximum atomic E-state index is 12.1. The molecule has 2 heterocycles. The van der Waals surface area contributed by atoms with Crippen molar-refractivity contribution < 1.29 is 4.79 Å². The molecule has 0 spiro atoms. The van der Waals surface area contributed by atoms with Gasteiger partial charge in [-0.25, -0.2) is 4.98 Å². The summed E-state index contributed by atoms with van der Waals surface area (Å²) in [5.74, 6) is -0.0783. The van der Waals surface area contributed by atoms with Crippen molar-refractivity contribution >= 4 is 11.6 Å². The maximum absolute atomic E-state index is 12.1. The second-order valence-electron chi connectivity index (χ2n) is 7.29. The SMILES string of the molecule is C.Cc1cccc(N2CCN(CCCCNC(=O)c3cccc(C)n3)CC2)c1. The van der Waals surface area contributed by atoms with Crippen molar-refractivity contribution in [2.75, 3.05) is 44.2 Å². The summed E-state index contributed by atoms with van der Waals surface area (Å²) < 4.78 is 0. The van der Waals surface area contributed by atoms with Crippen LogP contribution in [-0.2, 0) is 0 Å². The largest absolute Gasteiger partial charge is 0.369 e. The van der Waals surface area contributed by atoms with E-state index in [1.807, 2.05) is 19.1 Å². The first-order valence-electron chi connectivity index (χ1n) is 9.88. The van der Waals surface area contributed by atoms with E-state index in [9.17, 15) is 4.79 Å². The summed E-state index contributed by atoms with van der Waals surface area (Å²) in [7, 11) is 0. The highest BCUT2D eigenvalue weighted by atomic mass is 16.1. The van der Waals surface area contributed by atoms with Gasteiger partial charge in [-0.1, -0.05) is 25.6 Å². The minimum atomic E-state index is -0.0783. The summed E-state index contributed by atoms with van der Waals surface area (Å²) in [6.07, 6.45) is 2.10. The molecule has 0 radical (unpaired) electrons. The van der Waals surface area contributed by atoms with Crippen LogP contribution in [0.2, 0.25) is 0 Å². The molecule has 0 atom stereocenters. The van der Waals surface area contributed by atoms with E-state index in [2.05, 4.69) is 51.3 Å². The standard InChI is InChI=1S/C22H30N4O.CH4/c1-18-7-5-9-20(17-18)26-15-13-25(14-16-26)12-4-3-11-23-22(27)21-10-6-8-19(2)24-21;/h5-10,17H,3-4,11-16H2,1-2H3,(H,23,27);1H4. The van der Waals surface area contributed by atoms with Crippen molar-refractivity contribution in [3.05, 3.63) is 59.4 Å². The van der Waals surface area contributed by atoms with Gasteiger partial charge in [-0.05, 0) is 63.1 Å². The number of rotatable bonds is 7. The van der Waals surface area contributed by atoms with Gasteiger partial charge in [0.25, 0.3) is 5.91 Å². The summed E-state index contributed by atoms with van der Waals surface area (Å²) in [5.41, 5.74) is 4.02. The van der Waals surface area contributed by atoms with Crippen LogP contribution in [0.25, 0.3) is 0 Å². The Morgan fingerprint density at radius 3 is 2.50 bits per heavy atom. The van der Waals surface area contributed by atoms with Gasteiger partial charge in [-0.15, -0.1) is 0 Å². The highest BCUT2D eigenvalue weighted by Gasteiger charge is 2.16. The van der Waals surface area contributed by atoms with E-state index in [0.717, 1.165) is 51.3 Å². The molecule has 0 bridgehead atoms.